The van der Waals surface area contributed by atoms with E-state index >= 15 is 0 Å². The van der Waals surface area contributed by atoms with Crippen LogP contribution in [-0.4, -0.2) is 46.6 Å². The largest absolute Gasteiger partial charge is 0.326 e. The Labute approximate surface area is 198 Å². The molecule has 0 atom stereocenters. The highest BCUT2D eigenvalue weighted by Gasteiger charge is 2.18. The molecule has 33 heavy (non-hydrogen) atoms. The normalized spacial score (nSPS) is 11.6. The second-order valence-electron chi connectivity index (χ2n) is 7.08. The number of hydrogen-bond acceptors (Lipinski definition) is 9. The van der Waals surface area contributed by atoms with E-state index in [1.165, 1.54) is 35.6 Å². The highest BCUT2D eigenvalue weighted by Crippen LogP contribution is 2.29. The number of aromatic amines is 1. The van der Waals surface area contributed by atoms with Gasteiger partial charge in [0.2, 0.25) is 10.0 Å². The molecule has 4 N–H and O–H groups in total. The Hall–Kier alpha value is -3.07. The van der Waals surface area contributed by atoms with Gasteiger partial charge in [0.05, 0.1) is 15.1 Å². The third kappa shape index (κ3) is 5.84. The molecule has 0 radical (unpaired) electrons. The third-order valence-corrected chi connectivity index (χ3v) is 6.90. The molecule has 2 amide bonds. The average Bonchev–Trinajstić information content (AvgIpc) is 3.41. The predicted octanol–water partition coefficient (Wildman–Crippen LogP) is 2.81. The summed E-state index contributed by atoms with van der Waals surface area (Å²) in [6.45, 7) is 0.441. The standard InChI is InChI=1S/C19H20N8O3S3/c20-33(29,30)14-7-4-12(5-8-14)21-18(28)27(10-2-1-3-17-23-25-26-24-17)13-6-9-15-16(11-13)32-19(31)22-15/h4-9,11H,1-3,10H2,(H,21,28)(H,22,31)(H2,20,29,30)(H,23,24,25,26). The topological polar surface area (TPSA) is 160 Å². The molecule has 0 saturated heterocycles. The van der Waals surface area contributed by atoms with Crippen LogP contribution < -0.4 is 15.4 Å². The Morgan fingerprint density at radius 3 is 2.67 bits per heavy atom. The van der Waals surface area contributed by atoms with Gasteiger partial charge in [-0.1, -0.05) is 5.21 Å². The van der Waals surface area contributed by atoms with E-state index in [9.17, 15) is 13.2 Å². The minimum absolute atomic E-state index is 0.0305. The number of carbonyl (C=O) groups excluding carboxylic acids is 1. The molecule has 172 valence electrons. The van der Waals surface area contributed by atoms with Crippen molar-refractivity contribution in [2.45, 2.75) is 28.5 Å². The van der Waals surface area contributed by atoms with Gasteiger partial charge in [-0.25, -0.2) is 23.3 Å². The number of nitrogens with two attached hydrogens (primary N) is 1. The van der Waals surface area contributed by atoms with Gasteiger partial charge >= 0.3 is 6.03 Å². The molecule has 11 nitrogen and oxygen atoms in total. The number of benzene rings is 2. The molecule has 2 aromatic carbocycles. The summed E-state index contributed by atoms with van der Waals surface area (Å²) in [4.78, 5) is 19.1. The van der Waals surface area contributed by atoms with Crippen LogP contribution in [0, 0.1) is 0 Å². The molecule has 0 aliphatic heterocycles. The second-order valence-corrected chi connectivity index (χ2v) is 10.4. The number of nitrogens with zero attached hydrogens (tertiary/aromatic N) is 5. The first-order valence-electron chi connectivity index (χ1n) is 9.83. The lowest BCUT2D eigenvalue weighted by molar-refractivity contribution is 0.256. The lowest BCUT2D eigenvalue weighted by Gasteiger charge is -2.23. The van der Waals surface area contributed by atoms with Gasteiger partial charge in [-0.3, -0.25) is 4.90 Å². The van der Waals surface area contributed by atoms with Crippen LogP contribution in [0.5, 0.6) is 0 Å². The summed E-state index contributed by atoms with van der Waals surface area (Å²) in [6, 6.07) is 10.9. The number of urea groups is 1. The number of rotatable bonds is 8. The Morgan fingerprint density at radius 2 is 1.97 bits per heavy atom. The van der Waals surface area contributed by atoms with Gasteiger partial charge < -0.3 is 5.32 Å². The molecule has 0 spiro atoms. The van der Waals surface area contributed by atoms with Gasteiger partial charge in [-0.2, -0.15) is 5.21 Å². The smallest absolute Gasteiger partial charge is 0.308 e. The molecule has 0 saturated carbocycles. The summed E-state index contributed by atoms with van der Waals surface area (Å²) in [6.07, 6.45) is 2.10. The third-order valence-electron chi connectivity index (χ3n) is 4.77. The Bertz CT molecular complexity index is 1350. The number of unbranched alkanes of at least 4 members (excludes halogenated alkanes) is 1. The van der Waals surface area contributed by atoms with Crippen LogP contribution in [0.3, 0.4) is 0 Å². The summed E-state index contributed by atoms with van der Waals surface area (Å²) in [5.41, 5.74) is 1.96. The number of H-pyrrole nitrogens is 1. The van der Waals surface area contributed by atoms with Crippen molar-refractivity contribution >= 4 is 61.6 Å². The molecule has 14 heteroatoms. The van der Waals surface area contributed by atoms with Crippen molar-refractivity contribution in [2.24, 2.45) is 5.14 Å². The summed E-state index contributed by atoms with van der Waals surface area (Å²) >= 11 is 5.73. The molecular weight excluding hydrogens is 484 g/mol. The number of nitrogens with one attached hydrogen (secondary N) is 2. The lowest BCUT2D eigenvalue weighted by Crippen LogP contribution is -2.35. The van der Waals surface area contributed by atoms with E-state index in [-0.39, 0.29) is 10.9 Å². The Kier molecular flexibility index (Phi) is 6.88. The van der Waals surface area contributed by atoms with Crippen LogP contribution in [0.1, 0.15) is 18.7 Å². The van der Waals surface area contributed by atoms with E-state index in [0.717, 1.165) is 16.6 Å². The average molecular weight is 505 g/mol. The van der Waals surface area contributed by atoms with Gasteiger partial charge in [-0.15, -0.1) is 34.2 Å². The number of sulfonamides is 1. The van der Waals surface area contributed by atoms with Crippen molar-refractivity contribution in [3.8, 4) is 0 Å². The second kappa shape index (κ2) is 9.82. The van der Waals surface area contributed by atoms with Crippen molar-refractivity contribution in [3.63, 3.8) is 0 Å². The maximum absolute atomic E-state index is 13.2. The molecular formula is C19H20N8O3S3. The Balaban J connectivity index is 1.51. The van der Waals surface area contributed by atoms with E-state index in [0.29, 0.717) is 40.9 Å². The fourth-order valence-electron chi connectivity index (χ4n) is 3.18. The van der Waals surface area contributed by atoms with Crippen molar-refractivity contribution < 1.29 is 13.2 Å². The fraction of sp³-hybridized carbons (Fsp3) is 0.211. The number of anilines is 2. The van der Waals surface area contributed by atoms with Gasteiger partial charge in [-0.05, 0) is 55.3 Å². The summed E-state index contributed by atoms with van der Waals surface area (Å²) in [5.74, 6) is 0.619. The number of primary sulfonamides is 1. The first-order chi connectivity index (χ1) is 15.8. The van der Waals surface area contributed by atoms with Crippen molar-refractivity contribution in [3.05, 3.63) is 48.3 Å². The van der Waals surface area contributed by atoms with E-state index in [1.54, 1.807) is 4.90 Å². The maximum atomic E-state index is 13.2. The van der Waals surface area contributed by atoms with Crippen molar-refractivity contribution in [1.29, 1.82) is 0 Å². The minimum atomic E-state index is -3.81. The van der Waals surface area contributed by atoms with E-state index < -0.39 is 10.0 Å². The zero-order valence-corrected chi connectivity index (χ0v) is 19.7. The first kappa shape index (κ1) is 23.1. The maximum Gasteiger partial charge on any atom is 0.326 e. The van der Waals surface area contributed by atoms with Crippen LogP contribution in [0.25, 0.3) is 10.2 Å². The number of thiazole rings is 1. The summed E-state index contributed by atoms with van der Waals surface area (Å²) < 4.78 is 24.5. The number of carbonyl (C=O) groups is 1. The van der Waals surface area contributed by atoms with Crippen molar-refractivity contribution in [1.82, 2.24) is 25.6 Å². The Morgan fingerprint density at radius 1 is 1.18 bits per heavy atom. The number of hydrogen-bond donors (Lipinski definition) is 4. The van der Waals surface area contributed by atoms with E-state index in [2.05, 4.69) is 43.6 Å². The fourth-order valence-corrected chi connectivity index (χ4v) is 4.83. The molecule has 0 fully saturated rings. The predicted molar refractivity (Wildman–Crippen MR) is 128 cm³/mol. The van der Waals surface area contributed by atoms with Crippen LogP contribution in [0.2, 0.25) is 0 Å². The molecule has 2 aromatic heterocycles. The van der Waals surface area contributed by atoms with Gasteiger partial charge in [0, 0.05) is 24.3 Å². The van der Waals surface area contributed by atoms with Crippen LogP contribution >= 0.6 is 24.0 Å². The number of amides is 2. The zero-order chi connectivity index (χ0) is 23.4. The lowest BCUT2D eigenvalue weighted by atomic mass is 10.2. The molecule has 0 bridgehead atoms. The minimum Gasteiger partial charge on any atom is -0.308 e. The summed E-state index contributed by atoms with van der Waals surface area (Å²) in [5, 5.41) is 21.8. The van der Waals surface area contributed by atoms with Crippen LogP contribution in [0.4, 0.5) is 16.2 Å². The zero-order valence-electron chi connectivity index (χ0n) is 17.2. The number of thiol groups is 1. The highest BCUT2D eigenvalue weighted by molar-refractivity contribution is 7.89. The van der Waals surface area contributed by atoms with Crippen LogP contribution in [0.15, 0.2) is 51.7 Å². The van der Waals surface area contributed by atoms with Gasteiger partial charge in [0.25, 0.3) is 0 Å². The SMILES string of the molecule is NS(=O)(=O)c1ccc(NC(=O)N(CCCCc2nn[nH]n2)c2ccc3nc(S)sc3c2)cc1. The molecule has 2 heterocycles. The highest BCUT2D eigenvalue weighted by atomic mass is 32.2. The van der Waals surface area contributed by atoms with Crippen LogP contribution in [-0.2, 0) is 16.4 Å². The number of tetrazole rings is 1. The molecule has 0 unspecified atom stereocenters. The van der Waals surface area contributed by atoms with E-state index in [1.807, 2.05) is 18.2 Å². The van der Waals surface area contributed by atoms with E-state index in [4.69, 9.17) is 5.14 Å². The molecule has 0 aliphatic rings. The number of aromatic nitrogens is 5. The quantitative estimate of drug-likeness (QED) is 0.212. The summed E-state index contributed by atoms with van der Waals surface area (Å²) in [7, 11) is -3.81. The van der Waals surface area contributed by atoms with Crippen molar-refractivity contribution in [2.75, 3.05) is 16.8 Å². The van der Waals surface area contributed by atoms with Gasteiger partial charge in [0.15, 0.2) is 5.82 Å². The molecule has 4 aromatic rings. The first-order valence-corrected chi connectivity index (χ1v) is 12.6. The number of aryl methyl sites for hydroxylation is 1. The molecule has 4 rings (SSSR count). The monoisotopic (exact) mass is 504 g/mol. The van der Waals surface area contributed by atoms with Gasteiger partial charge in [0.1, 0.15) is 4.34 Å². The number of fused-ring (bicyclic) bond motifs is 1. The molecule has 0 aliphatic carbocycles.